The van der Waals surface area contributed by atoms with E-state index in [4.69, 9.17) is 0 Å². The van der Waals surface area contributed by atoms with Crippen molar-refractivity contribution in [2.45, 2.75) is 52.6 Å². The van der Waals surface area contributed by atoms with Crippen LogP contribution in [0.25, 0.3) is 0 Å². The second-order valence-corrected chi connectivity index (χ2v) is 5.37. The first kappa shape index (κ1) is 12.0. The fourth-order valence-corrected chi connectivity index (χ4v) is 2.28. The van der Waals surface area contributed by atoms with E-state index in [-0.39, 0.29) is 0 Å². The first-order chi connectivity index (χ1) is 6.49. The molecule has 0 aromatic rings. The molecule has 0 aliphatic carbocycles. The summed E-state index contributed by atoms with van der Waals surface area (Å²) in [6.07, 6.45) is 1.23. The van der Waals surface area contributed by atoms with Crippen LogP contribution in [0.5, 0.6) is 0 Å². The van der Waals surface area contributed by atoms with E-state index >= 15 is 0 Å². The van der Waals surface area contributed by atoms with Gasteiger partial charge in [0, 0.05) is 31.2 Å². The van der Waals surface area contributed by atoms with E-state index in [1.165, 1.54) is 13.0 Å². The highest BCUT2D eigenvalue weighted by Crippen LogP contribution is 2.25. The Bertz CT molecular complexity index is 175. The molecular weight excluding hydrogens is 172 g/mol. The van der Waals surface area contributed by atoms with Crippen LogP contribution in [-0.2, 0) is 0 Å². The predicted octanol–water partition coefficient (Wildman–Crippen LogP) is 2.10. The number of piperazine rings is 1. The molecule has 0 saturated carbocycles. The molecular formula is C12H26N2. The van der Waals surface area contributed by atoms with Gasteiger partial charge >= 0.3 is 0 Å². The van der Waals surface area contributed by atoms with E-state index < -0.39 is 0 Å². The summed E-state index contributed by atoms with van der Waals surface area (Å²) in [5.74, 6) is 0.744. The molecule has 0 amide bonds. The zero-order valence-corrected chi connectivity index (χ0v) is 10.4. The zero-order valence-electron chi connectivity index (χ0n) is 10.4. The number of nitrogens with zero attached hydrogens (tertiary/aromatic N) is 1. The Balaban J connectivity index is 2.72. The van der Waals surface area contributed by atoms with Crippen molar-refractivity contribution in [3.63, 3.8) is 0 Å². The Kier molecular flexibility index (Phi) is 3.96. The van der Waals surface area contributed by atoms with Crippen molar-refractivity contribution in [3.05, 3.63) is 0 Å². The summed E-state index contributed by atoms with van der Waals surface area (Å²) in [6.45, 7) is 15.2. The van der Waals surface area contributed by atoms with Crippen LogP contribution in [0.3, 0.4) is 0 Å². The highest BCUT2D eigenvalue weighted by molar-refractivity contribution is 4.91. The van der Waals surface area contributed by atoms with Gasteiger partial charge in [0.1, 0.15) is 0 Å². The third kappa shape index (κ3) is 2.48. The molecule has 1 fully saturated rings. The summed E-state index contributed by atoms with van der Waals surface area (Å²) < 4.78 is 0. The summed E-state index contributed by atoms with van der Waals surface area (Å²) in [4.78, 5) is 2.69. The van der Waals surface area contributed by atoms with Crippen molar-refractivity contribution in [1.29, 1.82) is 0 Å². The number of hydrogen-bond acceptors (Lipinski definition) is 2. The Morgan fingerprint density at radius 3 is 2.57 bits per heavy atom. The minimum atomic E-state index is 0.358. The van der Waals surface area contributed by atoms with Crippen LogP contribution in [0.15, 0.2) is 0 Å². The second-order valence-electron chi connectivity index (χ2n) is 5.37. The van der Waals surface area contributed by atoms with Gasteiger partial charge in [0.05, 0.1) is 0 Å². The fraction of sp³-hybridized carbons (Fsp3) is 1.00. The maximum atomic E-state index is 3.50. The molecule has 1 saturated heterocycles. The van der Waals surface area contributed by atoms with Crippen molar-refractivity contribution < 1.29 is 0 Å². The van der Waals surface area contributed by atoms with Gasteiger partial charge in [0.2, 0.25) is 0 Å². The SMILES string of the molecule is CCC(C)(C)N1CCNCC1C(C)C. The molecule has 1 aliphatic rings. The predicted molar refractivity (Wildman–Crippen MR) is 62.6 cm³/mol. The average molecular weight is 198 g/mol. The zero-order chi connectivity index (χ0) is 10.8. The lowest BCUT2D eigenvalue weighted by molar-refractivity contribution is 0.0247. The minimum Gasteiger partial charge on any atom is -0.314 e. The molecule has 1 N–H and O–H groups in total. The van der Waals surface area contributed by atoms with Gasteiger partial charge in [-0.2, -0.15) is 0 Å². The molecule has 0 aromatic heterocycles. The van der Waals surface area contributed by atoms with Gasteiger partial charge in [-0.25, -0.2) is 0 Å². The van der Waals surface area contributed by atoms with E-state index in [1.54, 1.807) is 0 Å². The molecule has 1 aliphatic heterocycles. The Hall–Kier alpha value is -0.0800. The van der Waals surface area contributed by atoms with E-state index in [0.717, 1.165) is 19.0 Å². The summed E-state index contributed by atoms with van der Waals surface area (Å²) >= 11 is 0. The van der Waals surface area contributed by atoms with Gasteiger partial charge in [-0.1, -0.05) is 20.8 Å². The lowest BCUT2D eigenvalue weighted by Crippen LogP contribution is -2.60. The molecule has 0 bridgehead atoms. The Morgan fingerprint density at radius 1 is 1.43 bits per heavy atom. The molecule has 1 heterocycles. The highest BCUT2D eigenvalue weighted by Gasteiger charge is 2.34. The van der Waals surface area contributed by atoms with Crippen molar-refractivity contribution in [2.24, 2.45) is 5.92 Å². The maximum absolute atomic E-state index is 3.50. The number of nitrogens with one attached hydrogen (secondary N) is 1. The number of rotatable bonds is 3. The molecule has 2 nitrogen and oxygen atoms in total. The van der Waals surface area contributed by atoms with Gasteiger partial charge in [-0.05, 0) is 26.2 Å². The van der Waals surface area contributed by atoms with Crippen LogP contribution in [0.1, 0.15) is 41.0 Å². The average Bonchev–Trinajstić information content (AvgIpc) is 2.18. The molecule has 1 atom stereocenters. The van der Waals surface area contributed by atoms with Crippen LogP contribution >= 0.6 is 0 Å². The van der Waals surface area contributed by atoms with Gasteiger partial charge in [0.15, 0.2) is 0 Å². The highest BCUT2D eigenvalue weighted by atomic mass is 15.3. The molecule has 0 radical (unpaired) electrons. The topological polar surface area (TPSA) is 15.3 Å². The third-order valence-corrected chi connectivity index (χ3v) is 3.70. The standard InChI is InChI=1S/C12H26N2/c1-6-12(4,5)14-8-7-13-9-11(14)10(2)3/h10-11,13H,6-9H2,1-5H3. The van der Waals surface area contributed by atoms with Gasteiger partial charge in [0.25, 0.3) is 0 Å². The van der Waals surface area contributed by atoms with Crippen molar-refractivity contribution in [2.75, 3.05) is 19.6 Å². The van der Waals surface area contributed by atoms with Crippen molar-refractivity contribution in [3.8, 4) is 0 Å². The Morgan fingerprint density at radius 2 is 2.07 bits per heavy atom. The smallest absolute Gasteiger partial charge is 0.0249 e. The molecule has 84 valence electrons. The van der Waals surface area contributed by atoms with Gasteiger partial charge in [-0.15, -0.1) is 0 Å². The quantitative estimate of drug-likeness (QED) is 0.747. The van der Waals surface area contributed by atoms with Crippen molar-refractivity contribution >= 4 is 0 Å². The monoisotopic (exact) mass is 198 g/mol. The van der Waals surface area contributed by atoms with E-state index in [9.17, 15) is 0 Å². The van der Waals surface area contributed by atoms with E-state index in [2.05, 4.69) is 44.8 Å². The van der Waals surface area contributed by atoms with Crippen LogP contribution < -0.4 is 5.32 Å². The van der Waals surface area contributed by atoms with E-state index in [1.807, 2.05) is 0 Å². The molecule has 2 heteroatoms. The largest absolute Gasteiger partial charge is 0.314 e. The molecule has 0 spiro atoms. The summed E-state index contributed by atoms with van der Waals surface area (Å²) in [5.41, 5.74) is 0.358. The summed E-state index contributed by atoms with van der Waals surface area (Å²) in [5, 5.41) is 3.50. The number of hydrogen-bond donors (Lipinski definition) is 1. The summed E-state index contributed by atoms with van der Waals surface area (Å²) in [6, 6.07) is 0.707. The molecule has 1 unspecified atom stereocenters. The lowest BCUT2D eigenvalue weighted by atomic mass is 9.91. The van der Waals surface area contributed by atoms with Crippen LogP contribution in [0, 0.1) is 5.92 Å². The van der Waals surface area contributed by atoms with Crippen LogP contribution in [0.4, 0.5) is 0 Å². The van der Waals surface area contributed by atoms with Gasteiger partial charge in [-0.3, -0.25) is 4.90 Å². The Labute approximate surface area is 89.1 Å². The maximum Gasteiger partial charge on any atom is 0.0249 e. The molecule has 1 rings (SSSR count). The third-order valence-electron chi connectivity index (χ3n) is 3.70. The second kappa shape index (κ2) is 4.63. The minimum absolute atomic E-state index is 0.358. The fourth-order valence-electron chi connectivity index (χ4n) is 2.28. The first-order valence-corrected chi connectivity index (χ1v) is 5.96. The summed E-state index contributed by atoms with van der Waals surface area (Å²) in [7, 11) is 0. The molecule has 0 aromatic carbocycles. The van der Waals surface area contributed by atoms with Crippen LogP contribution in [0.2, 0.25) is 0 Å². The van der Waals surface area contributed by atoms with E-state index in [0.29, 0.717) is 11.6 Å². The van der Waals surface area contributed by atoms with Crippen molar-refractivity contribution in [1.82, 2.24) is 10.2 Å². The normalized spacial score (nSPS) is 25.7. The molecule has 14 heavy (non-hydrogen) atoms. The van der Waals surface area contributed by atoms with Gasteiger partial charge < -0.3 is 5.32 Å². The van der Waals surface area contributed by atoms with Crippen LogP contribution in [-0.4, -0.2) is 36.1 Å². The first-order valence-electron chi connectivity index (χ1n) is 5.96. The lowest BCUT2D eigenvalue weighted by Gasteiger charge is -2.48.